The van der Waals surface area contributed by atoms with Crippen LogP contribution in [0.1, 0.15) is 72.6 Å². The molecule has 4 atom stereocenters. The summed E-state index contributed by atoms with van der Waals surface area (Å²) in [5, 5.41) is 0. The van der Waals surface area contributed by atoms with E-state index in [9.17, 15) is 9.59 Å². The number of ether oxygens (including phenoxy) is 2. The number of carbonyl (C=O) groups excluding carboxylic acids is 2. The number of carbonyl (C=O) groups is 2. The van der Waals surface area contributed by atoms with E-state index in [2.05, 4.69) is 9.97 Å². The molecule has 0 radical (unpaired) electrons. The average Bonchev–Trinajstić information content (AvgIpc) is 4.09. The molecular formula is C47H52N8O4. The molecule has 4 aromatic carbocycles. The number of hydrogen-bond donors (Lipinski definition) is 2. The molecule has 2 saturated heterocycles. The second kappa shape index (κ2) is 17.3. The second-order valence-electron chi connectivity index (χ2n) is 15.8. The van der Waals surface area contributed by atoms with Gasteiger partial charge in [0.15, 0.2) is 0 Å². The van der Waals surface area contributed by atoms with Crippen LogP contribution in [0.4, 0.5) is 0 Å². The monoisotopic (exact) mass is 792 g/mol. The Labute approximate surface area is 345 Å². The van der Waals surface area contributed by atoms with Crippen LogP contribution in [0, 0.1) is 0 Å². The van der Waals surface area contributed by atoms with Gasteiger partial charge in [-0.15, -0.1) is 0 Å². The Balaban J connectivity index is 0.954. The average molecular weight is 793 g/mol. The lowest BCUT2D eigenvalue weighted by atomic mass is 10.0. The number of likely N-dealkylation sites (N-methyl/N-ethyl adjacent to an activating group) is 2. The first kappa shape index (κ1) is 39.6. The summed E-state index contributed by atoms with van der Waals surface area (Å²) in [5.74, 6) is 3.66. The fourth-order valence-electron chi connectivity index (χ4n) is 8.62. The standard InChI is InChI=1S/C47H52N8O4/c1-52(2)42(32-14-8-6-9-15-32)46(56)54-26-12-18-39(54)44-48-29-37(50-44)31-20-22-34(23-21-31)59-35-24-25-41(58-5)36(28-35)38-30-49-45(51-38)40-19-13-27-55(40)47(57)43(53(3)4)33-16-10-7-11-17-33/h6-11,14-17,20-25,28-30,39-40,42-43H,12-13,18-19,26-27H2,1-5H3,(H,48,50)(H,49,51)/t39-,40-,42+,43+/m0/s1. The van der Waals surface area contributed by atoms with Gasteiger partial charge in [0.2, 0.25) is 11.8 Å². The molecule has 12 heteroatoms. The fourth-order valence-corrected chi connectivity index (χ4v) is 8.62. The highest BCUT2D eigenvalue weighted by Crippen LogP contribution is 2.39. The Morgan fingerprint density at radius 2 is 1.15 bits per heavy atom. The zero-order chi connectivity index (χ0) is 41.0. The third-order valence-electron chi connectivity index (χ3n) is 11.5. The van der Waals surface area contributed by atoms with E-state index in [4.69, 9.17) is 19.4 Å². The van der Waals surface area contributed by atoms with Gasteiger partial charge in [-0.3, -0.25) is 19.4 Å². The van der Waals surface area contributed by atoms with Crippen molar-refractivity contribution in [3.05, 3.63) is 138 Å². The highest BCUT2D eigenvalue weighted by Gasteiger charge is 2.38. The van der Waals surface area contributed by atoms with Crippen LogP contribution < -0.4 is 9.47 Å². The van der Waals surface area contributed by atoms with E-state index in [0.717, 1.165) is 65.3 Å². The third kappa shape index (κ3) is 8.23. The summed E-state index contributed by atoms with van der Waals surface area (Å²) >= 11 is 0. The van der Waals surface area contributed by atoms with Crippen molar-refractivity contribution in [1.82, 2.24) is 39.5 Å². The highest BCUT2D eigenvalue weighted by atomic mass is 16.5. The number of benzene rings is 4. The van der Waals surface area contributed by atoms with E-state index in [-0.39, 0.29) is 36.0 Å². The predicted octanol–water partition coefficient (Wildman–Crippen LogP) is 8.20. The maximum Gasteiger partial charge on any atom is 0.245 e. The Hall–Kier alpha value is -6.24. The number of aromatic nitrogens is 4. The Morgan fingerprint density at radius 1 is 0.661 bits per heavy atom. The van der Waals surface area contributed by atoms with Gasteiger partial charge in [-0.25, -0.2) is 9.97 Å². The van der Waals surface area contributed by atoms with Crippen LogP contribution in [0.15, 0.2) is 116 Å². The van der Waals surface area contributed by atoms with Gasteiger partial charge in [0.05, 0.1) is 30.6 Å². The van der Waals surface area contributed by atoms with Gasteiger partial charge in [-0.1, -0.05) is 60.7 Å². The minimum atomic E-state index is -0.382. The van der Waals surface area contributed by atoms with E-state index >= 15 is 0 Å². The summed E-state index contributed by atoms with van der Waals surface area (Å²) in [5.41, 5.74) is 5.18. The molecule has 8 rings (SSSR count). The Bertz CT molecular complexity index is 2360. The zero-order valence-corrected chi connectivity index (χ0v) is 34.3. The molecule has 2 aromatic heterocycles. The van der Waals surface area contributed by atoms with Crippen LogP contribution in [0.5, 0.6) is 17.2 Å². The molecule has 2 aliphatic rings. The zero-order valence-electron chi connectivity index (χ0n) is 34.3. The van der Waals surface area contributed by atoms with Crippen molar-refractivity contribution in [3.8, 4) is 39.8 Å². The minimum absolute atomic E-state index is 0.0677. The van der Waals surface area contributed by atoms with Crippen LogP contribution in [0.25, 0.3) is 22.5 Å². The van der Waals surface area contributed by atoms with Crippen LogP contribution in [0.3, 0.4) is 0 Å². The van der Waals surface area contributed by atoms with E-state index in [1.807, 2.05) is 163 Å². The SMILES string of the molecule is COc1ccc(Oc2ccc(-c3c[nH]c([C@@H]4CCCN4C(=O)[C@@H](c4ccccc4)N(C)C)n3)cc2)cc1-c1c[nH]c([C@@H]2CCCN2C(=O)[C@@H](c2ccccc2)N(C)C)n1. The van der Waals surface area contributed by atoms with Gasteiger partial charge >= 0.3 is 0 Å². The molecule has 0 spiro atoms. The minimum Gasteiger partial charge on any atom is -0.496 e. The lowest BCUT2D eigenvalue weighted by Gasteiger charge is -2.31. The van der Waals surface area contributed by atoms with Gasteiger partial charge in [0.25, 0.3) is 0 Å². The molecule has 2 fully saturated rings. The first-order valence-corrected chi connectivity index (χ1v) is 20.3. The molecule has 59 heavy (non-hydrogen) atoms. The number of rotatable bonds is 13. The maximum absolute atomic E-state index is 14.0. The summed E-state index contributed by atoms with van der Waals surface area (Å²) in [6, 6.07) is 32.4. The van der Waals surface area contributed by atoms with E-state index < -0.39 is 0 Å². The largest absolute Gasteiger partial charge is 0.496 e. The third-order valence-corrected chi connectivity index (χ3v) is 11.5. The lowest BCUT2D eigenvalue weighted by molar-refractivity contribution is -0.138. The van der Waals surface area contributed by atoms with Crippen LogP contribution in [-0.4, -0.2) is 99.7 Å². The van der Waals surface area contributed by atoms with Crippen molar-refractivity contribution >= 4 is 11.8 Å². The number of amides is 2. The second-order valence-corrected chi connectivity index (χ2v) is 15.8. The first-order chi connectivity index (χ1) is 28.7. The van der Waals surface area contributed by atoms with Crippen molar-refractivity contribution in [3.63, 3.8) is 0 Å². The molecule has 4 heterocycles. The summed E-state index contributed by atoms with van der Waals surface area (Å²) in [6.45, 7) is 1.38. The molecule has 2 aliphatic heterocycles. The summed E-state index contributed by atoms with van der Waals surface area (Å²) < 4.78 is 12.1. The Kier molecular flexibility index (Phi) is 11.6. The Morgan fingerprint density at radius 3 is 1.66 bits per heavy atom. The van der Waals surface area contributed by atoms with Crippen LogP contribution >= 0.6 is 0 Å². The summed E-state index contributed by atoms with van der Waals surface area (Å²) in [6.07, 6.45) is 7.29. The number of hydrogen-bond acceptors (Lipinski definition) is 8. The molecule has 12 nitrogen and oxygen atoms in total. The number of imidazole rings is 2. The van der Waals surface area contributed by atoms with Gasteiger partial charge in [0.1, 0.15) is 41.0 Å². The smallest absolute Gasteiger partial charge is 0.245 e. The quantitative estimate of drug-likeness (QED) is 0.120. The lowest BCUT2D eigenvalue weighted by Crippen LogP contribution is -2.40. The molecule has 0 unspecified atom stereocenters. The predicted molar refractivity (Wildman–Crippen MR) is 228 cm³/mol. The summed E-state index contributed by atoms with van der Waals surface area (Å²) in [7, 11) is 9.43. The van der Waals surface area contributed by atoms with Crippen molar-refractivity contribution in [2.45, 2.75) is 49.9 Å². The number of nitrogens with one attached hydrogen (secondary N) is 2. The van der Waals surface area contributed by atoms with Crippen LogP contribution in [-0.2, 0) is 9.59 Å². The molecule has 0 aliphatic carbocycles. The van der Waals surface area contributed by atoms with Crippen molar-refractivity contribution in [1.29, 1.82) is 0 Å². The van der Waals surface area contributed by atoms with E-state index in [1.165, 1.54) is 0 Å². The molecule has 6 aromatic rings. The number of aromatic amines is 2. The number of likely N-dealkylation sites (tertiary alicyclic amines) is 2. The molecule has 304 valence electrons. The van der Waals surface area contributed by atoms with Crippen molar-refractivity contribution in [2.24, 2.45) is 0 Å². The molecule has 0 saturated carbocycles. The van der Waals surface area contributed by atoms with Gasteiger partial charge < -0.3 is 29.2 Å². The van der Waals surface area contributed by atoms with Gasteiger partial charge in [-0.05, 0) is 107 Å². The molecule has 2 amide bonds. The van der Waals surface area contributed by atoms with E-state index in [0.29, 0.717) is 36.0 Å². The number of nitrogens with zero attached hydrogens (tertiary/aromatic N) is 6. The van der Waals surface area contributed by atoms with Gasteiger partial charge in [0, 0.05) is 36.6 Å². The fraction of sp³-hybridized carbons (Fsp3) is 0.319. The molecular weight excluding hydrogens is 741 g/mol. The summed E-state index contributed by atoms with van der Waals surface area (Å²) in [4.78, 5) is 52.6. The van der Waals surface area contributed by atoms with Crippen molar-refractivity contribution < 1.29 is 19.1 Å². The van der Waals surface area contributed by atoms with Crippen molar-refractivity contribution in [2.75, 3.05) is 48.4 Å². The highest BCUT2D eigenvalue weighted by molar-refractivity contribution is 5.84. The van der Waals surface area contributed by atoms with Gasteiger partial charge in [-0.2, -0.15) is 0 Å². The normalized spacial score (nSPS) is 17.7. The first-order valence-electron chi connectivity index (χ1n) is 20.3. The number of methoxy groups -OCH3 is 1. The van der Waals surface area contributed by atoms with E-state index in [1.54, 1.807) is 7.11 Å². The molecule has 0 bridgehead atoms. The maximum atomic E-state index is 14.0. The molecule has 2 N–H and O–H groups in total. The number of H-pyrrole nitrogens is 2. The van der Waals surface area contributed by atoms with Crippen LogP contribution in [0.2, 0.25) is 0 Å². The topological polar surface area (TPSA) is 123 Å².